The summed E-state index contributed by atoms with van der Waals surface area (Å²) in [6, 6.07) is 24.5. The Labute approximate surface area is 189 Å². The van der Waals surface area contributed by atoms with Crippen LogP contribution in [-0.2, 0) is 20.6 Å². The van der Waals surface area contributed by atoms with Crippen molar-refractivity contribution in [2.24, 2.45) is 0 Å². The first kappa shape index (κ1) is 22.4. The van der Waals surface area contributed by atoms with E-state index in [4.69, 9.17) is 0 Å². The van der Waals surface area contributed by atoms with E-state index < -0.39 is 15.9 Å². The van der Waals surface area contributed by atoms with Gasteiger partial charge in [-0.1, -0.05) is 46.3 Å². The zero-order valence-corrected chi connectivity index (χ0v) is 19.5. The average molecular weight is 505 g/mol. The van der Waals surface area contributed by atoms with Crippen molar-refractivity contribution in [3.05, 3.63) is 88.9 Å². The summed E-state index contributed by atoms with van der Waals surface area (Å²) < 4.78 is 26.3. The monoisotopic (exact) mass is 504 g/mol. The van der Waals surface area contributed by atoms with Gasteiger partial charge >= 0.3 is 0 Å². The van der Waals surface area contributed by atoms with E-state index >= 15 is 0 Å². The Kier molecular flexibility index (Phi) is 7.58. The molecule has 156 valence electrons. The van der Waals surface area contributed by atoms with Crippen molar-refractivity contribution in [2.45, 2.75) is 10.6 Å². The highest BCUT2D eigenvalue weighted by Gasteiger charge is 2.20. The molecule has 3 rings (SSSR count). The second kappa shape index (κ2) is 10.1. The van der Waals surface area contributed by atoms with Crippen LogP contribution in [0, 0.1) is 0 Å². The number of anilines is 2. The Morgan fingerprint density at radius 2 is 1.60 bits per heavy atom. The zero-order valence-electron chi connectivity index (χ0n) is 16.3. The first-order valence-corrected chi connectivity index (χ1v) is 12.7. The van der Waals surface area contributed by atoms with Crippen LogP contribution in [0.1, 0.15) is 5.56 Å². The van der Waals surface area contributed by atoms with Gasteiger partial charge in [0.05, 0.1) is 11.9 Å². The van der Waals surface area contributed by atoms with E-state index in [9.17, 15) is 13.2 Å². The highest BCUT2D eigenvalue weighted by Crippen LogP contribution is 2.23. The lowest BCUT2D eigenvalue weighted by Crippen LogP contribution is -2.37. The predicted molar refractivity (Wildman–Crippen MR) is 127 cm³/mol. The molecule has 0 heterocycles. The smallest absolute Gasteiger partial charge is 0.245 e. The third-order valence-electron chi connectivity index (χ3n) is 4.19. The summed E-state index contributed by atoms with van der Waals surface area (Å²) in [5, 5.41) is 2.77. The van der Waals surface area contributed by atoms with Crippen LogP contribution < -0.4 is 9.62 Å². The van der Waals surface area contributed by atoms with Gasteiger partial charge in [-0.25, -0.2) is 8.42 Å². The summed E-state index contributed by atoms with van der Waals surface area (Å²) in [7, 11) is -3.60. The lowest BCUT2D eigenvalue weighted by molar-refractivity contribution is -0.114. The van der Waals surface area contributed by atoms with Gasteiger partial charge in [-0.3, -0.25) is 9.10 Å². The highest BCUT2D eigenvalue weighted by molar-refractivity contribution is 9.10. The van der Waals surface area contributed by atoms with E-state index in [0.29, 0.717) is 11.4 Å². The normalized spacial score (nSPS) is 11.1. The fourth-order valence-electron chi connectivity index (χ4n) is 2.71. The number of sulfonamides is 1. The molecule has 3 aromatic rings. The Morgan fingerprint density at radius 1 is 0.967 bits per heavy atom. The van der Waals surface area contributed by atoms with Crippen LogP contribution in [-0.4, -0.2) is 27.1 Å². The van der Waals surface area contributed by atoms with E-state index in [0.717, 1.165) is 26.4 Å². The zero-order chi connectivity index (χ0) is 21.6. The molecule has 30 heavy (non-hydrogen) atoms. The quantitative estimate of drug-likeness (QED) is 0.431. The van der Waals surface area contributed by atoms with Crippen molar-refractivity contribution in [3.63, 3.8) is 0 Å². The molecule has 8 heteroatoms. The summed E-state index contributed by atoms with van der Waals surface area (Å²) in [4.78, 5) is 13.7. The Morgan fingerprint density at radius 3 is 2.20 bits per heavy atom. The van der Waals surface area contributed by atoms with Crippen LogP contribution in [0.15, 0.2) is 88.2 Å². The number of amides is 1. The molecule has 0 aromatic heterocycles. The number of hydrogen-bond donors (Lipinski definition) is 1. The number of benzene rings is 3. The molecule has 5 nitrogen and oxygen atoms in total. The fraction of sp³-hybridized carbons (Fsp3) is 0.136. The van der Waals surface area contributed by atoms with Crippen LogP contribution in [0.5, 0.6) is 0 Å². The summed E-state index contributed by atoms with van der Waals surface area (Å²) in [6.07, 6.45) is 1.08. The van der Waals surface area contributed by atoms with Crippen molar-refractivity contribution in [1.29, 1.82) is 0 Å². The van der Waals surface area contributed by atoms with Crippen LogP contribution in [0.25, 0.3) is 0 Å². The maximum absolute atomic E-state index is 12.5. The van der Waals surface area contributed by atoms with Crippen molar-refractivity contribution >= 4 is 55.0 Å². The molecule has 0 saturated heterocycles. The van der Waals surface area contributed by atoms with Gasteiger partial charge in [-0.2, -0.15) is 0 Å². The Hall–Kier alpha value is -2.29. The molecule has 0 saturated carbocycles. The molecule has 1 amide bonds. The van der Waals surface area contributed by atoms with E-state index in [2.05, 4.69) is 33.4 Å². The van der Waals surface area contributed by atoms with Crippen molar-refractivity contribution in [3.8, 4) is 0 Å². The van der Waals surface area contributed by atoms with E-state index in [1.807, 2.05) is 42.5 Å². The summed E-state index contributed by atoms with van der Waals surface area (Å²) in [6.45, 7) is -0.300. The second-order valence-corrected chi connectivity index (χ2v) is 10.5. The highest BCUT2D eigenvalue weighted by atomic mass is 79.9. The molecule has 1 N–H and O–H groups in total. The van der Waals surface area contributed by atoms with Gasteiger partial charge in [0.2, 0.25) is 15.9 Å². The maximum atomic E-state index is 12.5. The van der Waals surface area contributed by atoms with E-state index in [1.165, 1.54) is 4.90 Å². The number of hydrogen-bond acceptors (Lipinski definition) is 4. The molecule has 0 fully saturated rings. The predicted octanol–water partition coefficient (Wildman–Crippen LogP) is 5.15. The van der Waals surface area contributed by atoms with Crippen molar-refractivity contribution in [1.82, 2.24) is 0 Å². The third-order valence-corrected chi connectivity index (χ3v) is 6.94. The number of rotatable bonds is 8. The van der Waals surface area contributed by atoms with E-state index in [1.54, 1.807) is 36.0 Å². The van der Waals surface area contributed by atoms with Crippen LogP contribution in [0.3, 0.4) is 0 Å². The van der Waals surface area contributed by atoms with Crippen LogP contribution in [0.2, 0.25) is 0 Å². The summed E-state index contributed by atoms with van der Waals surface area (Å²) in [5.74, 6) is 0.415. The minimum Gasteiger partial charge on any atom is -0.325 e. The number of nitrogens with one attached hydrogen (secondary N) is 1. The topological polar surface area (TPSA) is 66.5 Å². The third kappa shape index (κ3) is 6.62. The number of nitrogens with zero attached hydrogens (tertiary/aromatic N) is 1. The molecule has 0 aliphatic carbocycles. The maximum Gasteiger partial charge on any atom is 0.245 e. The average Bonchev–Trinajstić information content (AvgIpc) is 2.72. The van der Waals surface area contributed by atoms with Gasteiger partial charge in [0.15, 0.2) is 0 Å². The van der Waals surface area contributed by atoms with Gasteiger partial charge < -0.3 is 5.32 Å². The molecule has 0 aliphatic rings. The summed E-state index contributed by atoms with van der Waals surface area (Å²) in [5.41, 5.74) is 2.19. The number of thioether (sulfide) groups is 1. The standard InChI is InChI=1S/C22H21BrN2O3S2/c1-30(27,28)25(20-13-9-18(23)10-14-20)15-22(26)24-19-11-7-17(8-12-19)16-29-21-5-3-2-4-6-21/h2-14H,15-16H2,1H3,(H,24,26). The summed E-state index contributed by atoms with van der Waals surface area (Å²) >= 11 is 5.06. The lowest BCUT2D eigenvalue weighted by atomic mass is 10.2. The largest absolute Gasteiger partial charge is 0.325 e. The van der Waals surface area contributed by atoms with Crippen molar-refractivity contribution < 1.29 is 13.2 Å². The number of carbonyl (C=O) groups is 1. The molecule has 3 aromatic carbocycles. The molecule has 0 unspecified atom stereocenters. The molecular weight excluding hydrogens is 484 g/mol. The SMILES string of the molecule is CS(=O)(=O)N(CC(=O)Nc1ccc(CSc2ccccc2)cc1)c1ccc(Br)cc1. The van der Waals surface area contributed by atoms with Crippen LogP contribution in [0.4, 0.5) is 11.4 Å². The molecule has 0 bridgehead atoms. The first-order chi connectivity index (χ1) is 14.3. The number of halogens is 1. The second-order valence-electron chi connectivity index (χ2n) is 6.59. The molecule has 0 radical (unpaired) electrons. The molecular formula is C22H21BrN2O3S2. The van der Waals surface area contributed by atoms with Gasteiger partial charge in [0, 0.05) is 20.8 Å². The molecule has 0 aliphatic heterocycles. The number of carbonyl (C=O) groups excluding carboxylic acids is 1. The Balaban J connectivity index is 1.61. The molecule has 0 spiro atoms. The fourth-order valence-corrected chi connectivity index (χ4v) is 4.70. The van der Waals surface area contributed by atoms with Gasteiger partial charge in [0.1, 0.15) is 6.54 Å². The van der Waals surface area contributed by atoms with Crippen LogP contribution >= 0.6 is 27.7 Å². The minimum absolute atomic E-state index is 0.300. The molecule has 0 atom stereocenters. The van der Waals surface area contributed by atoms with Gasteiger partial charge in [-0.15, -0.1) is 11.8 Å². The Bertz CT molecular complexity index is 1090. The van der Waals surface area contributed by atoms with Gasteiger partial charge in [0.25, 0.3) is 0 Å². The first-order valence-electron chi connectivity index (χ1n) is 9.11. The van der Waals surface area contributed by atoms with Crippen molar-refractivity contribution in [2.75, 3.05) is 22.4 Å². The minimum atomic E-state index is -3.60. The van der Waals surface area contributed by atoms with E-state index in [-0.39, 0.29) is 6.54 Å². The van der Waals surface area contributed by atoms with Gasteiger partial charge in [-0.05, 0) is 54.1 Å². The lowest BCUT2D eigenvalue weighted by Gasteiger charge is -2.22.